The number of benzene rings is 2. The summed E-state index contributed by atoms with van der Waals surface area (Å²) in [5.41, 5.74) is 4.91. The summed E-state index contributed by atoms with van der Waals surface area (Å²) >= 11 is 0. The number of nitrogens with two attached hydrogens (primary N) is 1. The largest absolute Gasteiger partial charge is 0.456 e. The van der Waals surface area contributed by atoms with Gasteiger partial charge in [-0.05, 0) is 63.2 Å². The van der Waals surface area contributed by atoms with Crippen LogP contribution >= 0.6 is 0 Å². The molecule has 2 aromatic carbocycles. The molecule has 0 unspecified atom stereocenters. The van der Waals surface area contributed by atoms with E-state index in [0.717, 1.165) is 12.1 Å². The van der Waals surface area contributed by atoms with Crippen molar-refractivity contribution in [3.63, 3.8) is 0 Å². The normalized spacial score (nSPS) is 11.1. The molecule has 31 heavy (non-hydrogen) atoms. The van der Waals surface area contributed by atoms with Gasteiger partial charge in [-0.3, -0.25) is 4.79 Å². The lowest BCUT2D eigenvalue weighted by Crippen LogP contribution is -2.23. The van der Waals surface area contributed by atoms with Gasteiger partial charge in [0, 0.05) is 5.69 Å². The van der Waals surface area contributed by atoms with Gasteiger partial charge in [0.1, 0.15) is 22.9 Å². The summed E-state index contributed by atoms with van der Waals surface area (Å²) in [5.74, 6) is -3.01. The number of primary amides is 1. The lowest BCUT2D eigenvalue weighted by Gasteiger charge is -2.19. The van der Waals surface area contributed by atoms with Crippen molar-refractivity contribution in [3.8, 4) is 11.3 Å². The van der Waals surface area contributed by atoms with Gasteiger partial charge in [0.25, 0.3) is 5.91 Å². The minimum Gasteiger partial charge on any atom is -0.456 e. The number of hydrogen-bond acceptors (Lipinski definition) is 6. The monoisotopic (exact) mass is 426 g/mol. The number of ether oxygens (including phenoxy) is 1. The Morgan fingerprint density at radius 1 is 1.00 bits per heavy atom. The zero-order chi connectivity index (χ0) is 22.8. The molecule has 0 bridgehead atoms. The van der Waals surface area contributed by atoms with E-state index in [1.807, 2.05) is 0 Å². The van der Waals surface area contributed by atoms with Crippen LogP contribution in [0.5, 0.6) is 0 Å². The van der Waals surface area contributed by atoms with Crippen molar-refractivity contribution in [2.45, 2.75) is 26.4 Å². The molecule has 0 radical (unpaired) electrons. The lowest BCUT2D eigenvalue weighted by molar-refractivity contribution is 0.00694. The number of nitrogens with zero attached hydrogens (tertiary/aromatic N) is 2. The molecule has 7 nitrogen and oxygen atoms in total. The average Bonchev–Trinajstić information content (AvgIpc) is 2.67. The Kier molecular flexibility index (Phi) is 5.96. The number of nitrogens with one attached hydrogen (secondary N) is 1. The summed E-state index contributed by atoms with van der Waals surface area (Å²) in [4.78, 5) is 23.9. The van der Waals surface area contributed by atoms with Crippen molar-refractivity contribution in [2.24, 2.45) is 5.73 Å². The Morgan fingerprint density at radius 3 is 2.16 bits per heavy atom. The number of esters is 1. The van der Waals surface area contributed by atoms with Gasteiger partial charge in [-0.1, -0.05) is 6.07 Å². The van der Waals surface area contributed by atoms with E-state index in [4.69, 9.17) is 10.5 Å². The fraction of sp³-hybridized carbons (Fsp3) is 0.182. The van der Waals surface area contributed by atoms with Crippen LogP contribution in [0, 0.1) is 11.6 Å². The Bertz CT molecular complexity index is 1120. The van der Waals surface area contributed by atoms with Crippen LogP contribution in [0.25, 0.3) is 11.3 Å². The highest BCUT2D eigenvalue weighted by atomic mass is 19.1. The zero-order valence-electron chi connectivity index (χ0n) is 17.1. The molecule has 1 aromatic heterocycles. The third-order valence-corrected chi connectivity index (χ3v) is 4.04. The number of hydrogen-bond donors (Lipinski definition) is 2. The molecule has 9 heteroatoms. The number of anilines is 2. The van der Waals surface area contributed by atoms with Crippen LogP contribution in [0.4, 0.5) is 20.2 Å². The Labute approximate surface area is 177 Å². The van der Waals surface area contributed by atoms with Crippen LogP contribution in [0.15, 0.2) is 48.5 Å². The molecule has 0 aliphatic rings. The van der Waals surface area contributed by atoms with Crippen LogP contribution in [0.2, 0.25) is 0 Å². The van der Waals surface area contributed by atoms with Crippen molar-refractivity contribution in [1.29, 1.82) is 0 Å². The third-order valence-electron chi connectivity index (χ3n) is 4.04. The maximum absolute atomic E-state index is 14.1. The number of carbonyl (C=O) groups excluding carboxylic acids is 2. The molecule has 0 saturated carbocycles. The number of rotatable bonds is 5. The van der Waals surface area contributed by atoms with Crippen molar-refractivity contribution in [2.75, 3.05) is 5.32 Å². The average molecular weight is 426 g/mol. The van der Waals surface area contributed by atoms with Crippen LogP contribution in [-0.4, -0.2) is 27.7 Å². The second-order valence-corrected chi connectivity index (χ2v) is 7.66. The molecular formula is C22H20F2N4O3. The van der Waals surface area contributed by atoms with E-state index in [-0.39, 0.29) is 22.6 Å². The van der Waals surface area contributed by atoms with E-state index in [0.29, 0.717) is 11.3 Å². The smallest absolute Gasteiger partial charge is 0.338 e. The summed E-state index contributed by atoms with van der Waals surface area (Å²) in [6.45, 7) is 5.29. The molecule has 0 aliphatic heterocycles. The molecule has 0 saturated heterocycles. The summed E-state index contributed by atoms with van der Waals surface area (Å²) in [6.07, 6.45) is 0. The highest BCUT2D eigenvalue weighted by Gasteiger charge is 2.19. The van der Waals surface area contributed by atoms with Crippen molar-refractivity contribution >= 4 is 23.3 Å². The van der Waals surface area contributed by atoms with Crippen LogP contribution in [-0.2, 0) is 4.74 Å². The standard InChI is InChI=1S/C22H20F2N4O3/c1-22(2,3)31-21(30)12-7-9-13(10-8-12)26-17-11-16(27-28-19(17)20(25)29)18-14(23)5-4-6-15(18)24/h4-11H,1-3H3,(H2,25,29)(H,26,27). The molecule has 3 N–H and O–H groups in total. The van der Waals surface area contributed by atoms with E-state index in [1.54, 1.807) is 32.9 Å². The first kappa shape index (κ1) is 21.8. The van der Waals surface area contributed by atoms with Gasteiger partial charge in [0.2, 0.25) is 0 Å². The predicted molar refractivity (Wildman–Crippen MR) is 111 cm³/mol. The van der Waals surface area contributed by atoms with Gasteiger partial charge in [-0.2, -0.15) is 0 Å². The molecular weight excluding hydrogens is 406 g/mol. The third kappa shape index (κ3) is 5.19. The first-order valence-corrected chi connectivity index (χ1v) is 9.27. The molecule has 0 atom stereocenters. The summed E-state index contributed by atoms with van der Waals surface area (Å²) in [5, 5.41) is 10.4. The minimum absolute atomic E-state index is 0.102. The quantitative estimate of drug-likeness (QED) is 0.592. The number of amides is 1. The molecule has 0 fully saturated rings. The maximum Gasteiger partial charge on any atom is 0.338 e. The van der Waals surface area contributed by atoms with Gasteiger partial charge in [0.05, 0.1) is 16.8 Å². The Morgan fingerprint density at radius 2 is 1.61 bits per heavy atom. The summed E-state index contributed by atoms with van der Waals surface area (Å²) < 4.78 is 33.6. The molecule has 3 rings (SSSR count). The number of halogens is 2. The van der Waals surface area contributed by atoms with Crippen molar-refractivity contribution in [3.05, 3.63) is 71.4 Å². The van der Waals surface area contributed by atoms with Crippen LogP contribution in [0.3, 0.4) is 0 Å². The molecule has 0 aliphatic carbocycles. The second-order valence-electron chi connectivity index (χ2n) is 7.66. The number of carbonyl (C=O) groups is 2. The van der Waals surface area contributed by atoms with E-state index in [2.05, 4.69) is 15.5 Å². The second kappa shape index (κ2) is 8.47. The first-order chi connectivity index (χ1) is 14.5. The van der Waals surface area contributed by atoms with Crippen molar-refractivity contribution in [1.82, 2.24) is 10.2 Å². The van der Waals surface area contributed by atoms with Gasteiger partial charge in [-0.15, -0.1) is 10.2 Å². The van der Waals surface area contributed by atoms with Gasteiger partial charge in [-0.25, -0.2) is 13.6 Å². The Balaban J connectivity index is 1.93. The molecule has 0 spiro atoms. The van der Waals surface area contributed by atoms with Crippen LogP contribution < -0.4 is 11.1 Å². The maximum atomic E-state index is 14.1. The number of aromatic nitrogens is 2. The predicted octanol–water partition coefficient (Wildman–Crippen LogP) is 4.22. The molecule has 1 amide bonds. The van der Waals surface area contributed by atoms with Gasteiger partial charge >= 0.3 is 5.97 Å². The van der Waals surface area contributed by atoms with Gasteiger partial charge in [0.15, 0.2) is 5.69 Å². The minimum atomic E-state index is -0.874. The lowest BCUT2D eigenvalue weighted by atomic mass is 10.1. The summed E-state index contributed by atoms with van der Waals surface area (Å²) in [7, 11) is 0. The van der Waals surface area contributed by atoms with Crippen LogP contribution in [0.1, 0.15) is 41.6 Å². The van der Waals surface area contributed by atoms with E-state index in [9.17, 15) is 18.4 Å². The molecule has 3 aromatic rings. The van der Waals surface area contributed by atoms with E-state index < -0.39 is 29.1 Å². The molecule has 1 heterocycles. The highest BCUT2D eigenvalue weighted by molar-refractivity contribution is 5.97. The SMILES string of the molecule is CC(C)(C)OC(=O)c1ccc(Nc2cc(-c3c(F)cccc3F)nnc2C(N)=O)cc1. The topological polar surface area (TPSA) is 107 Å². The Hall–Kier alpha value is -3.88. The fourth-order valence-corrected chi connectivity index (χ4v) is 2.72. The van der Waals surface area contributed by atoms with Gasteiger partial charge < -0.3 is 15.8 Å². The fourth-order valence-electron chi connectivity index (χ4n) is 2.72. The van der Waals surface area contributed by atoms with Crippen molar-refractivity contribution < 1.29 is 23.1 Å². The van der Waals surface area contributed by atoms with E-state index in [1.165, 1.54) is 24.3 Å². The zero-order valence-corrected chi connectivity index (χ0v) is 17.1. The highest BCUT2D eigenvalue weighted by Crippen LogP contribution is 2.28. The van der Waals surface area contributed by atoms with E-state index >= 15 is 0 Å². The molecule has 160 valence electrons. The summed E-state index contributed by atoms with van der Waals surface area (Å²) in [6, 6.07) is 10.9. The first-order valence-electron chi connectivity index (χ1n) is 9.27.